The van der Waals surface area contributed by atoms with E-state index in [9.17, 15) is 4.79 Å². The van der Waals surface area contributed by atoms with E-state index >= 15 is 0 Å². The molecule has 1 unspecified atom stereocenters. The third-order valence-electron chi connectivity index (χ3n) is 4.14. The minimum atomic E-state index is 0.142. The van der Waals surface area contributed by atoms with Gasteiger partial charge in [0.1, 0.15) is 5.82 Å². The fourth-order valence-corrected chi connectivity index (χ4v) is 3.07. The van der Waals surface area contributed by atoms with E-state index in [-0.39, 0.29) is 11.9 Å². The van der Waals surface area contributed by atoms with Crippen molar-refractivity contribution in [3.05, 3.63) is 49.1 Å². The van der Waals surface area contributed by atoms with Crippen molar-refractivity contribution in [1.82, 2.24) is 19.9 Å². The molecule has 1 fully saturated rings. The molecule has 2 aromatic heterocycles. The van der Waals surface area contributed by atoms with Crippen molar-refractivity contribution in [2.45, 2.75) is 25.4 Å². The Morgan fingerprint density at radius 1 is 1.27 bits per heavy atom. The van der Waals surface area contributed by atoms with E-state index < -0.39 is 0 Å². The van der Waals surface area contributed by atoms with Crippen molar-refractivity contribution in [3.8, 4) is 11.4 Å². The predicted molar refractivity (Wildman–Crippen MR) is 84.1 cm³/mol. The van der Waals surface area contributed by atoms with Crippen LogP contribution in [0.2, 0.25) is 0 Å². The van der Waals surface area contributed by atoms with E-state index in [1.165, 1.54) is 0 Å². The monoisotopic (exact) mass is 292 g/mol. The van der Waals surface area contributed by atoms with Gasteiger partial charge in [-0.25, -0.2) is 4.98 Å². The van der Waals surface area contributed by atoms with E-state index in [0.29, 0.717) is 6.42 Å². The molecule has 5 heteroatoms. The number of pyridine rings is 1. The zero-order valence-electron chi connectivity index (χ0n) is 12.1. The Morgan fingerprint density at radius 2 is 2.23 bits per heavy atom. The number of hydrogen-bond donors (Lipinski definition) is 1. The van der Waals surface area contributed by atoms with Crippen LogP contribution in [0.5, 0.6) is 0 Å². The molecule has 5 nitrogen and oxygen atoms in total. The van der Waals surface area contributed by atoms with Crippen LogP contribution in [0, 0.1) is 0 Å². The van der Waals surface area contributed by atoms with E-state index in [1.807, 2.05) is 30.7 Å². The molecular weight excluding hydrogens is 276 g/mol. The predicted octanol–water partition coefficient (Wildman–Crippen LogP) is 2.38. The summed E-state index contributed by atoms with van der Waals surface area (Å²) in [6.07, 6.45) is 8.95. The van der Waals surface area contributed by atoms with Gasteiger partial charge >= 0.3 is 0 Å². The molecule has 1 atom stereocenters. The van der Waals surface area contributed by atoms with Crippen LogP contribution in [0.25, 0.3) is 22.2 Å². The van der Waals surface area contributed by atoms with Gasteiger partial charge in [-0.05, 0) is 17.9 Å². The number of carbonyl (C=O) groups is 1. The summed E-state index contributed by atoms with van der Waals surface area (Å²) in [5.74, 6) is 1.07. The lowest BCUT2D eigenvalue weighted by atomic mass is 10.1. The number of hydrogen-bond acceptors (Lipinski definition) is 3. The minimum absolute atomic E-state index is 0.142. The van der Waals surface area contributed by atoms with Crippen molar-refractivity contribution in [3.63, 3.8) is 0 Å². The molecule has 110 valence electrons. The molecular formula is C17H16N4O. The van der Waals surface area contributed by atoms with Crippen molar-refractivity contribution in [2.75, 3.05) is 0 Å². The minimum Gasteiger partial charge on any atom is -0.352 e. The average molecular weight is 292 g/mol. The van der Waals surface area contributed by atoms with E-state index in [1.54, 1.807) is 6.20 Å². The summed E-state index contributed by atoms with van der Waals surface area (Å²) in [6.45, 7) is 0.753. The van der Waals surface area contributed by atoms with Crippen LogP contribution in [0.3, 0.4) is 0 Å². The first kappa shape index (κ1) is 13.0. The number of fused-ring (bicyclic) bond motifs is 1. The van der Waals surface area contributed by atoms with Gasteiger partial charge in [0.15, 0.2) is 0 Å². The maximum atomic E-state index is 11.4. The molecule has 4 rings (SSSR count). The zero-order valence-corrected chi connectivity index (χ0v) is 12.1. The van der Waals surface area contributed by atoms with Crippen LogP contribution in [-0.2, 0) is 11.3 Å². The van der Waals surface area contributed by atoms with E-state index in [2.05, 4.69) is 32.0 Å². The first-order chi connectivity index (χ1) is 10.8. The molecule has 1 amide bonds. The summed E-state index contributed by atoms with van der Waals surface area (Å²) in [5.41, 5.74) is 1.09. The smallest absolute Gasteiger partial charge is 0.220 e. The Morgan fingerprint density at radius 3 is 3.09 bits per heavy atom. The lowest BCUT2D eigenvalue weighted by Gasteiger charge is -2.14. The third-order valence-corrected chi connectivity index (χ3v) is 4.14. The largest absolute Gasteiger partial charge is 0.352 e. The van der Waals surface area contributed by atoms with Crippen molar-refractivity contribution in [2.24, 2.45) is 0 Å². The summed E-state index contributed by atoms with van der Waals surface area (Å²) < 4.78 is 2.12. The Labute approximate surface area is 128 Å². The summed E-state index contributed by atoms with van der Waals surface area (Å²) in [4.78, 5) is 20.1. The van der Waals surface area contributed by atoms with Crippen LogP contribution in [0.1, 0.15) is 12.8 Å². The van der Waals surface area contributed by atoms with Crippen molar-refractivity contribution in [1.29, 1.82) is 0 Å². The Kier molecular flexibility index (Phi) is 3.11. The second-order valence-electron chi connectivity index (χ2n) is 5.61. The number of nitrogens with zero attached hydrogens (tertiary/aromatic N) is 3. The highest BCUT2D eigenvalue weighted by Gasteiger charge is 2.22. The SMILES string of the molecule is O=C1CCC(Cn2ccnc2-c2cccc3cnccc23)N1. The van der Waals surface area contributed by atoms with Crippen LogP contribution >= 0.6 is 0 Å². The standard InChI is InChI=1S/C17H16N4O/c22-16-5-4-13(20-16)11-21-9-8-19-17(21)15-3-1-2-12-10-18-7-6-14(12)15/h1-3,6-10,13H,4-5,11H2,(H,20,22). The first-order valence-corrected chi connectivity index (χ1v) is 7.45. The molecule has 3 heterocycles. The quantitative estimate of drug-likeness (QED) is 0.806. The number of nitrogens with one attached hydrogen (secondary N) is 1. The number of imidazole rings is 1. The summed E-state index contributed by atoms with van der Waals surface area (Å²) in [5, 5.41) is 5.25. The Hall–Kier alpha value is -2.69. The maximum absolute atomic E-state index is 11.4. The maximum Gasteiger partial charge on any atom is 0.220 e. The van der Waals surface area contributed by atoms with Gasteiger partial charge in [0, 0.05) is 54.7 Å². The van der Waals surface area contributed by atoms with Gasteiger partial charge in [-0.3, -0.25) is 9.78 Å². The fourth-order valence-electron chi connectivity index (χ4n) is 3.07. The van der Waals surface area contributed by atoms with Crippen LogP contribution < -0.4 is 5.32 Å². The van der Waals surface area contributed by atoms with Gasteiger partial charge < -0.3 is 9.88 Å². The van der Waals surface area contributed by atoms with Crippen LogP contribution in [-0.4, -0.2) is 26.5 Å². The molecule has 1 aliphatic heterocycles. The summed E-state index contributed by atoms with van der Waals surface area (Å²) in [7, 11) is 0. The topological polar surface area (TPSA) is 59.8 Å². The second kappa shape index (κ2) is 5.26. The van der Waals surface area contributed by atoms with Crippen LogP contribution in [0.4, 0.5) is 0 Å². The molecule has 0 aliphatic carbocycles. The lowest BCUT2D eigenvalue weighted by molar-refractivity contribution is -0.119. The van der Waals surface area contributed by atoms with Crippen LogP contribution in [0.15, 0.2) is 49.1 Å². The van der Waals surface area contributed by atoms with E-state index in [0.717, 1.165) is 35.1 Å². The molecule has 1 aromatic carbocycles. The molecule has 0 spiro atoms. The van der Waals surface area contributed by atoms with Gasteiger partial charge in [-0.15, -0.1) is 0 Å². The third kappa shape index (κ3) is 2.24. The molecule has 1 saturated heterocycles. The normalized spacial score (nSPS) is 17.8. The number of benzene rings is 1. The Balaban J connectivity index is 1.73. The van der Waals surface area contributed by atoms with Crippen molar-refractivity contribution < 1.29 is 4.79 Å². The molecule has 0 saturated carbocycles. The van der Waals surface area contributed by atoms with Gasteiger partial charge in [-0.2, -0.15) is 0 Å². The summed E-state index contributed by atoms with van der Waals surface area (Å²) in [6, 6.07) is 8.36. The van der Waals surface area contributed by atoms with Crippen molar-refractivity contribution >= 4 is 16.7 Å². The van der Waals surface area contributed by atoms with Gasteiger partial charge in [0.2, 0.25) is 5.91 Å². The van der Waals surface area contributed by atoms with Gasteiger partial charge in [0.05, 0.1) is 0 Å². The Bertz CT molecular complexity index is 834. The molecule has 0 radical (unpaired) electrons. The van der Waals surface area contributed by atoms with Gasteiger partial charge in [0.25, 0.3) is 0 Å². The first-order valence-electron chi connectivity index (χ1n) is 7.45. The zero-order chi connectivity index (χ0) is 14.9. The highest BCUT2D eigenvalue weighted by molar-refractivity contribution is 5.94. The van der Waals surface area contributed by atoms with Gasteiger partial charge in [-0.1, -0.05) is 18.2 Å². The van der Waals surface area contributed by atoms with E-state index in [4.69, 9.17) is 0 Å². The number of aromatic nitrogens is 3. The molecule has 3 aromatic rings. The highest BCUT2D eigenvalue weighted by Crippen LogP contribution is 2.27. The molecule has 22 heavy (non-hydrogen) atoms. The number of rotatable bonds is 3. The molecule has 1 N–H and O–H groups in total. The number of amides is 1. The lowest BCUT2D eigenvalue weighted by Crippen LogP contribution is -2.29. The second-order valence-corrected chi connectivity index (χ2v) is 5.61. The fraction of sp³-hybridized carbons (Fsp3) is 0.235. The number of carbonyl (C=O) groups excluding carboxylic acids is 1. The summed E-state index contributed by atoms with van der Waals surface area (Å²) >= 11 is 0. The molecule has 1 aliphatic rings. The molecule has 0 bridgehead atoms. The average Bonchev–Trinajstić information content (AvgIpc) is 3.16. The highest BCUT2D eigenvalue weighted by atomic mass is 16.1.